The van der Waals surface area contributed by atoms with E-state index >= 15 is 0 Å². The van der Waals surface area contributed by atoms with Gasteiger partial charge in [0.2, 0.25) is 0 Å². The molecule has 5 heteroatoms. The highest BCUT2D eigenvalue weighted by Gasteiger charge is 2.29. The molecule has 0 saturated heterocycles. The van der Waals surface area contributed by atoms with Gasteiger partial charge in [-0.3, -0.25) is 4.79 Å². The first-order chi connectivity index (χ1) is 11.2. The summed E-state index contributed by atoms with van der Waals surface area (Å²) in [5.74, 6) is 1.62. The normalized spacial score (nSPS) is 11.5. The molecule has 0 unspecified atom stereocenters. The number of esters is 1. The first kappa shape index (κ1) is 20.8. The van der Waals surface area contributed by atoms with E-state index in [1.54, 1.807) is 7.11 Å². The van der Waals surface area contributed by atoms with Crippen LogP contribution in [-0.4, -0.2) is 26.3 Å². The fourth-order valence-electron chi connectivity index (χ4n) is 2.15. The number of hydrogen-bond donors (Lipinski definition) is 0. The van der Waals surface area contributed by atoms with E-state index in [1.165, 1.54) is 0 Å². The molecule has 0 aliphatic carbocycles. The number of benzene rings is 1. The highest BCUT2D eigenvalue weighted by atomic mass is 79.9. The van der Waals surface area contributed by atoms with E-state index in [1.807, 2.05) is 46.8 Å². The number of hydrogen-bond acceptors (Lipinski definition) is 4. The summed E-state index contributed by atoms with van der Waals surface area (Å²) in [5, 5.41) is 0. The van der Waals surface area contributed by atoms with Gasteiger partial charge in [0.05, 0.1) is 25.7 Å². The highest BCUT2D eigenvalue weighted by molar-refractivity contribution is 9.10. The Labute approximate surface area is 154 Å². The second-order valence-corrected chi connectivity index (χ2v) is 7.93. The standard InChI is InChI=1S/C19H29BrO4/c1-13(2)12-24-18(21)19(4,5)8-7-9-23-17-10-14(3)15(20)11-16(17)22-6/h10-11,13H,7-9,12H2,1-6H3. The molecule has 0 bridgehead atoms. The maximum atomic E-state index is 12.1. The SMILES string of the molecule is COc1cc(Br)c(C)cc1OCCCC(C)(C)C(=O)OCC(C)C. The van der Waals surface area contributed by atoms with Crippen molar-refractivity contribution in [1.29, 1.82) is 0 Å². The van der Waals surface area contributed by atoms with Gasteiger partial charge in [-0.05, 0) is 57.2 Å². The molecule has 0 radical (unpaired) electrons. The molecule has 0 saturated carbocycles. The monoisotopic (exact) mass is 400 g/mol. The first-order valence-corrected chi connectivity index (χ1v) is 9.11. The summed E-state index contributed by atoms with van der Waals surface area (Å²) in [4.78, 5) is 12.1. The van der Waals surface area contributed by atoms with Crippen LogP contribution in [0.3, 0.4) is 0 Å². The van der Waals surface area contributed by atoms with Crippen LogP contribution in [0, 0.1) is 18.3 Å². The van der Waals surface area contributed by atoms with Crippen molar-refractivity contribution in [3.05, 3.63) is 22.2 Å². The van der Waals surface area contributed by atoms with Gasteiger partial charge in [0.15, 0.2) is 11.5 Å². The molecule has 4 nitrogen and oxygen atoms in total. The molecule has 0 heterocycles. The van der Waals surface area contributed by atoms with E-state index in [0.717, 1.165) is 22.2 Å². The smallest absolute Gasteiger partial charge is 0.311 e. The number of methoxy groups -OCH3 is 1. The van der Waals surface area contributed by atoms with E-state index in [4.69, 9.17) is 14.2 Å². The van der Waals surface area contributed by atoms with Crippen molar-refractivity contribution >= 4 is 21.9 Å². The van der Waals surface area contributed by atoms with Crippen LogP contribution in [0.2, 0.25) is 0 Å². The predicted octanol–water partition coefficient (Wildman–Crippen LogP) is 5.15. The van der Waals surface area contributed by atoms with Crippen molar-refractivity contribution in [2.45, 2.75) is 47.5 Å². The summed E-state index contributed by atoms with van der Waals surface area (Å²) in [6.07, 6.45) is 1.48. The molecular weight excluding hydrogens is 372 g/mol. The van der Waals surface area contributed by atoms with Crippen molar-refractivity contribution in [2.75, 3.05) is 20.3 Å². The van der Waals surface area contributed by atoms with Crippen LogP contribution in [0.1, 0.15) is 46.1 Å². The maximum absolute atomic E-state index is 12.1. The predicted molar refractivity (Wildman–Crippen MR) is 99.7 cm³/mol. The Kier molecular flexibility index (Phi) is 8.07. The molecule has 24 heavy (non-hydrogen) atoms. The molecule has 0 fully saturated rings. The van der Waals surface area contributed by atoms with Crippen LogP contribution < -0.4 is 9.47 Å². The van der Waals surface area contributed by atoms with Gasteiger partial charge in [-0.2, -0.15) is 0 Å². The summed E-state index contributed by atoms with van der Waals surface area (Å²) < 4.78 is 17.5. The van der Waals surface area contributed by atoms with E-state index < -0.39 is 5.41 Å². The number of rotatable bonds is 9. The molecule has 0 aromatic heterocycles. The molecule has 1 aromatic carbocycles. The molecule has 0 spiro atoms. The molecular formula is C19H29BrO4. The van der Waals surface area contributed by atoms with Gasteiger partial charge in [0.1, 0.15) is 0 Å². The summed E-state index contributed by atoms with van der Waals surface area (Å²) >= 11 is 3.48. The van der Waals surface area contributed by atoms with Crippen molar-refractivity contribution in [1.82, 2.24) is 0 Å². The van der Waals surface area contributed by atoms with Crippen LogP contribution in [0.4, 0.5) is 0 Å². The second kappa shape index (κ2) is 9.30. The van der Waals surface area contributed by atoms with Crippen LogP contribution in [0.15, 0.2) is 16.6 Å². The molecule has 136 valence electrons. The summed E-state index contributed by atoms with van der Waals surface area (Å²) in [5.41, 5.74) is 0.584. The minimum absolute atomic E-state index is 0.145. The topological polar surface area (TPSA) is 44.8 Å². The van der Waals surface area contributed by atoms with Gasteiger partial charge < -0.3 is 14.2 Å². The van der Waals surface area contributed by atoms with Crippen LogP contribution in [0.5, 0.6) is 11.5 Å². The molecule has 0 atom stereocenters. The van der Waals surface area contributed by atoms with Crippen LogP contribution >= 0.6 is 15.9 Å². The van der Waals surface area contributed by atoms with Gasteiger partial charge >= 0.3 is 5.97 Å². The van der Waals surface area contributed by atoms with Crippen molar-refractivity contribution in [3.63, 3.8) is 0 Å². The number of halogens is 1. The number of carbonyl (C=O) groups excluding carboxylic acids is 1. The Balaban J connectivity index is 2.50. The third kappa shape index (κ3) is 6.34. The van der Waals surface area contributed by atoms with Crippen LogP contribution in [-0.2, 0) is 9.53 Å². The maximum Gasteiger partial charge on any atom is 0.311 e. The van der Waals surface area contributed by atoms with Crippen molar-refractivity contribution in [3.8, 4) is 11.5 Å². The minimum Gasteiger partial charge on any atom is -0.493 e. The molecule has 0 aliphatic heterocycles. The molecule has 1 aromatic rings. The number of carbonyl (C=O) groups is 1. The van der Waals surface area contributed by atoms with Gasteiger partial charge in [-0.25, -0.2) is 0 Å². The van der Waals surface area contributed by atoms with E-state index in [9.17, 15) is 4.79 Å². The zero-order chi connectivity index (χ0) is 18.3. The Morgan fingerprint density at radius 3 is 2.50 bits per heavy atom. The molecule has 1 rings (SSSR count). The van der Waals surface area contributed by atoms with Crippen molar-refractivity contribution in [2.24, 2.45) is 11.3 Å². The fourth-order valence-corrected chi connectivity index (χ4v) is 2.47. The lowest BCUT2D eigenvalue weighted by molar-refractivity contribution is -0.155. The number of aryl methyl sites for hydroxylation is 1. The molecule has 0 aliphatic rings. The lowest BCUT2D eigenvalue weighted by Gasteiger charge is -2.23. The van der Waals surface area contributed by atoms with Gasteiger partial charge in [0.25, 0.3) is 0 Å². The lowest BCUT2D eigenvalue weighted by Crippen LogP contribution is -2.28. The summed E-state index contributed by atoms with van der Waals surface area (Å²) in [7, 11) is 1.62. The third-order valence-corrected chi connectivity index (χ3v) is 4.60. The van der Waals surface area contributed by atoms with Crippen LogP contribution in [0.25, 0.3) is 0 Å². The van der Waals surface area contributed by atoms with Gasteiger partial charge in [-0.1, -0.05) is 29.8 Å². The zero-order valence-electron chi connectivity index (χ0n) is 15.6. The fraction of sp³-hybridized carbons (Fsp3) is 0.632. The van der Waals surface area contributed by atoms with E-state index in [2.05, 4.69) is 15.9 Å². The van der Waals surface area contributed by atoms with Gasteiger partial charge in [0, 0.05) is 4.47 Å². The molecule has 0 amide bonds. The molecule has 0 N–H and O–H groups in total. The largest absolute Gasteiger partial charge is 0.493 e. The Bertz CT molecular complexity index is 553. The Morgan fingerprint density at radius 1 is 1.25 bits per heavy atom. The quantitative estimate of drug-likeness (QED) is 0.424. The average Bonchev–Trinajstić information content (AvgIpc) is 2.51. The lowest BCUT2D eigenvalue weighted by atomic mass is 9.88. The first-order valence-electron chi connectivity index (χ1n) is 8.31. The third-order valence-electron chi connectivity index (χ3n) is 3.75. The van der Waals surface area contributed by atoms with Crippen molar-refractivity contribution < 1.29 is 19.0 Å². The second-order valence-electron chi connectivity index (χ2n) is 7.08. The highest BCUT2D eigenvalue weighted by Crippen LogP contribution is 2.33. The Hall–Kier alpha value is -1.23. The van der Waals surface area contributed by atoms with Gasteiger partial charge in [-0.15, -0.1) is 0 Å². The minimum atomic E-state index is -0.502. The average molecular weight is 401 g/mol. The summed E-state index contributed by atoms with van der Waals surface area (Å²) in [6.45, 7) is 10.9. The van der Waals surface area contributed by atoms with E-state index in [-0.39, 0.29) is 5.97 Å². The summed E-state index contributed by atoms with van der Waals surface area (Å²) in [6, 6.07) is 3.85. The number of ether oxygens (including phenoxy) is 3. The van der Waals surface area contributed by atoms with E-state index in [0.29, 0.717) is 31.3 Å². The Morgan fingerprint density at radius 2 is 1.92 bits per heavy atom. The zero-order valence-corrected chi connectivity index (χ0v) is 17.2.